The zero-order chi connectivity index (χ0) is 13.8. The molecule has 1 amide bonds. The molecule has 1 aromatic heterocycles. The van der Waals surface area contributed by atoms with Crippen LogP contribution in [-0.2, 0) is 9.59 Å². The molecular weight excluding hydrogens is 248 g/mol. The number of amides is 1. The van der Waals surface area contributed by atoms with Gasteiger partial charge < -0.3 is 20.7 Å². The molecule has 0 saturated carbocycles. The highest BCUT2D eigenvalue weighted by Crippen LogP contribution is 2.16. The van der Waals surface area contributed by atoms with Crippen molar-refractivity contribution >= 4 is 28.6 Å². The molecule has 0 aliphatic rings. The van der Waals surface area contributed by atoms with E-state index >= 15 is 0 Å². The lowest BCUT2D eigenvalue weighted by atomic mass is 10.2. The molecule has 7 heteroatoms. The fourth-order valence-electron chi connectivity index (χ4n) is 1.66. The molecular formula is C12H14N4O3. The highest BCUT2D eigenvalue weighted by Gasteiger charge is 2.13. The Labute approximate surface area is 109 Å². The summed E-state index contributed by atoms with van der Waals surface area (Å²) in [7, 11) is 0. The average Bonchev–Trinajstić information content (AvgIpc) is 2.83. The average molecular weight is 262 g/mol. The normalized spacial score (nSPS) is 12.1. The van der Waals surface area contributed by atoms with Crippen molar-refractivity contribution in [1.82, 2.24) is 15.3 Å². The molecule has 7 nitrogen and oxygen atoms in total. The van der Waals surface area contributed by atoms with Gasteiger partial charge in [0.25, 0.3) is 0 Å². The van der Waals surface area contributed by atoms with Crippen molar-refractivity contribution in [3.8, 4) is 0 Å². The van der Waals surface area contributed by atoms with Crippen molar-refractivity contribution in [2.75, 3.05) is 11.9 Å². The van der Waals surface area contributed by atoms with Crippen molar-refractivity contribution in [3.63, 3.8) is 0 Å². The first-order valence-electron chi connectivity index (χ1n) is 5.75. The molecule has 19 heavy (non-hydrogen) atoms. The largest absolute Gasteiger partial charge is 0.480 e. The Bertz CT molecular complexity index is 608. The van der Waals surface area contributed by atoms with Gasteiger partial charge >= 0.3 is 5.97 Å². The van der Waals surface area contributed by atoms with Crippen LogP contribution in [0.2, 0.25) is 0 Å². The number of H-pyrrole nitrogens is 1. The minimum atomic E-state index is -1.07. The second-order valence-corrected chi connectivity index (χ2v) is 4.11. The third-order valence-corrected chi connectivity index (χ3v) is 2.61. The summed E-state index contributed by atoms with van der Waals surface area (Å²) in [6.45, 7) is 1.28. The van der Waals surface area contributed by atoms with Crippen molar-refractivity contribution in [1.29, 1.82) is 0 Å². The summed E-state index contributed by atoms with van der Waals surface area (Å²) < 4.78 is 0. The molecule has 100 valence electrons. The Kier molecular flexibility index (Phi) is 3.65. The van der Waals surface area contributed by atoms with Crippen molar-refractivity contribution < 1.29 is 14.7 Å². The highest BCUT2D eigenvalue weighted by atomic mass is 16.4. The first-order valence-corrected chi connectivity index (χ1v) is 5.75. The molecule has 1 aromatic carbocycles. The summed E-state index contributed by atoms with van der Waals surface area (Å²) in [5, 5.41) is 13.8. The summed E-state index contributed by atoms with van der Waals surface area (Å²) in [5.41, 5.74) is 2.46. The lowest BCUT2D eigenvalue weighted by Gasteiger charge is -2.14. The van der Waals surface area contributed by atoms with E-state index in [2.05, 4.69) is 20.6 Å². The Morgan fingerprint density at radius 2 is 2.26 bits per heavy atom. The van der Waals surface area contributed by atoms with Crippen LogP contribution in [0.15, 0.2) is 24.5 Å². The Morgan fingerprint density at radius 3 is 3.00 bits per heavy atom. The van der Waals surface area contributed by atoms with Crippen LogP contribution in [0.5, 0.6) is 0 Å². The zero-order valence-electron chi connectivity index (χ0n) is 10.3. The number of aromatic amines is 1. The number of hydrogen-bond acceptors (Lipinski definition) is 4. The van der Waals surface area contributed by atoms with Crippen molar-refractivity contribution in [3.05, 3.63) is 24.5 Å². The maximum Gasteiger partial charge on any atom is 0.322 e. The molecule has 0 bridgehead atoms. The number of carboxylic acids is 1. The number of hydrogen-bond donors (Lipinski definition) is 4. The molecule has 0 aliphatic carbocycles. The molecule has 0 spiro atoms. The second-order valence-electron chi connectivity index (χ2n) is 4.11. The molecule has 0 radical (unpaired) electrons. The molecule has 4 N–H and O–H groups in total. The molecule has 0 aliphatic heterocycles. The Hall–Kier alpha value is -2.57. The smallest absolute Gasteiger partial charge is 0.322 e. The molecule has 0 unspecified atom stereocenters. The van der Waals surface area contributed by atoms with Crippen LogP contribution in [0, 0.1) is 0 Å². The number of benzene rings is 1. The number of imidazole rings is 1. The second kappa shape index (κ2) is 5.38. The molecule has 2 aromatic rings. The summed E-state index contributed by atoms with van der Waals surface area (Å²) >= 11 is 0. The van der Waals surface area contributed by atoms with Gasteiger partial charge in [-0.25, -0.2) is 4.98 Å². The van der Waals surface area contributed by atoms with Crippen LogP contribution < -0.4 is 10.6 Å². The number of anilines is 1. The summed E-state index contributed by atoms with van der Waals surface area (Å²) in [6.07, 6.45) is 1.59. The third-order valence-electron chi connectivity index (χ3n) is 2.61. The van der Waals surface area contributed by atoms with Gasteiger partial charge in [0.05, 0.1) is 17.4 Å². The topological polar surface area (TPSA) is 107 Å². The Morgan fingerprint density at radius 1 is 1.47 bits per heavy atom. The van der Waals surface area contributed by atoms with Gasteiger partial charge in [0.2, 0.25) is 5.91 Å². The molecule has 1 heterocycles. The predicted molar refractivity (Wildman–Crippen MR) is 69.8 cm³/mol. The first kappa shape index (κ1) is 12.9. The van der Waals surface area contributed by atoms with Gasteiger partial charge in [-0.15, -0.1) is 0 Å². The summed E-state index contributed by atoms with van der Waals surface area (Å²) in [4.78, 5) is 29.0. The lowest BCUT2D eigenvalue weighted by molar-refractivity contribution is -0.138. The van der Waals surface area contributed by atoms with E-state index in [1.807, 2.05) is 18.2 Å². The minimum absolute atomic E-state index is 0.368. The third kappa shape index (κ3) is 3.21. The van der Waals surface area contributed by atoms with E-state index in [0.717, 1.165) is 16.7 Å². The number of carbonyl (C=O) groups is 2. The van der Waals surface area contributed by atoms with Crippen LogP contribution in [0.1, 0.15) is 6.92 Å². The maximum atomic E-state index is 11.6. The van der Waals surface area contributed by atoms with E-state index in [9.17, 15) is 9.59 Å². The van der Waals surface area contributed by atoms with Crippen molar-refractivity contribution in [2.45, 2.75) is 13.0 Å². The Balaban J connectivity index is 1.99. The van der Waals surface area contributed by atoms with Crippen LogP contribution in [0.4, 0.5) is 5.69 Å². The number of carboxylic acid groups (broad SMARTS) is 1. The van der Waals surface area contributed by atoms with Gasteiger partial charge in [-0.1, -0.05) is 0 Å². The number of aliphatic carboxylic acids is 1. The highest BCUT2D eigenvalue weighted by molar-refractivity contribution is 5.87. The molecule has 0 fully saturated rings. The number of nitrogens with zero attached hydrogens (tertiary/aromatic N) is 1. The minimum Gasteiger partial charge on any atom is -0.480 e. The number of carbonyl (C=O) groups excluding carboxylic acids is 1. The molecule has 0 saturated heterocycles. The lowest BCUT2D eigenvalue weighted by Crippen LogP contribution is -2.39. The van der Waals surface area contributed by atoms with Gasteiger partial charge in [-0.3, -0.25) is 9.59 Å². The van der Waals surface area contributed by atoms with Crippen LogP contribution in [0.3, 0.4) is 0 Å². The molecule has 2 rings (SSSR count). The summed E-state index contributed by atoms with van der Waals surface area (Å²) in [6, 6.07) is 4.95. The van der Waals surface area contributed by atoms with E-state index in [-0.39, 0.29) is 12.5 Å². The number of aromatic nitrogens is 2. The van der Waals surface area contributed by atoms with Gasteiger partial charge in [0.15, 0.2) is 0 Å². The number of rotatable bonds is 5. The standard InChI is InChI=1S/C12H14N4O3/c1-7(12(19)13-5-11(17)18)16-8-2-3-9-10(4-8)15-6-14-9/h2-4,6-7,16H,5H2,1H3,(H,13,19)(H,14,15)(H,17,18)/t7-/m0/s1. The van der Waals surface area contributed by atoms with E-state index < -0.39 is 12.0 Å². The summed E-state index contributed by atoms with van der Waals surface area (Å²) in [5.74, 6) is -1.44. The molecule has 1 atom stereocenters. The fourth-order valence-corrected chi connectivity index (χ4v) is 1.66. The van der Waals surface area contributed by atoms with Crippen LogP contribution in [-0.4, -0.2) is 39.5 Å². The van der Waals surface area contributed by atoms with E-state index in [4.69, 9.17) is 5.11 Å². The van der Waals surface area contributed by atoms with E-state index in [1.165, 1.54) is 0 Å². The van der Waals surface area contributed by atoms with Crippen LogP contribution in [0.25, 0.3) is 11.0 Å². The SMILES string of the molecule is C[C@H](Nc1ccc2nc[nH]c2c1)C(=O)NCC(=O)O. The first-order chi connectivity index (χ1) is 9.06. The zero-order valence-corrected chi connectivity index (χ0v) is 10.3. The number of nitrogens with one attached hydrogen (secondary N) is 3. The van der Waals surface area contributed by atoms with E-state index in [1.54, 1.807) is 13.3 Å². The number of fused-ring (bicyclic) bond motifs is 1. The van der Waals surface area contributed by atoms with Gasteiger partial charge in [-0.2, -0.15) is 0 Å². The quantitative estimate of drug-likeness (QED) is 0.630. The predicted octanol–water partition coefficient (Wildman–Crippen LogP) is 0.564. The van der Waals surface area contributed by atoms with E-state index in [0.29, 0.717) is 0 Å². The van der Waals surface area contributed by atoms with Gasteiger partial charge in [0.1, 0.15) is 12.6 Å². The van der Waals surface area contributed by atoms with Crippen LogP contribution >= 0.6 is 0 Å². The van der Waals surface area contributed by atoms with Gasteiger partial charge in [0, 0.05) is 5.69 Å². The van der Waals surface area contributed by atoms with Crippen molar-refractivity contribution in [2.24, 2.45) is 0 Å². The fraction of sp³-hybridized carbons (Fsp3) is 0.250. The maximum absolute atomic E-state index is 11.6. The van der Waals surface area contributed by atoms with Gasteiger partial charge in [-0.05, 0) is 25.1 Å². The monoisotopic (exact) mass is 262 g/mol.